The Morgan fingerprint density at radius 1 is 0.794 bits per heavy atom. The molecule has 0 atom stereocenters. The summed E-state index contributed by atoms with van der Waals surface area (Å²) in [6, 6.07) is 0.687. The van der Waals surface area contributed by atoms with Crippen molar-refractivity contribution in [3.63, 3.8) is 0 Å². The number of unbranched alkanes of at least 4 members (excludes halogenated alkanes) is 12. The zero-order valence-electron chi connectivity index (χ0n) is 23.0. The summed E-state index contributed by atoms with van der Waals surface area (Å²) < 4.78 is 5.74. The highest BCUT2D eigenvalue weighted by atomic mass is 16.5. The standard InChI is InChI=1S/C30H59NO3/c1-3-5-7-9-11-14-19-28(20-15-12-10-8-6-4-2)27-34-30(33)23-16-13-17-24-31(25-26-32)29-21-18-22-29/h28-29,32H,3-27H2,1-2H3. The lowest BCUT2D eigenvalue weighted by Gasteiger charge is -2.37. The van der Waals surface area contributed by atoms with Crippen molar-refractivity contribution in [3.05, 3.63) is 0 Å². The normalized spacial score (nSPS) is 14.1. The topological polar surface area (TPSA) is 49.8 Å². The van der Waals surface area contributed by atoms with Crippen LogP contribution in [0.4, 0.5) is 0 Å². The highest BCUT2D eigenvalue weighted by Gasteiger charge is 2.23. The van der Waals surface area contributed by atoms with Gasteiger partial charge in [0.25, 0.3) is 0 Å². The highest BCUT2D eigenvalue weighted by Crippen LogP contribution is 2.25. The number of rotatable bonds is 25. The third-order valence-corrected chi connectivity index (χ3v) is 7.72. The number of hydrogen-bond acceptors (Lipinski definition) is 4. The van der Waals surface area contributed by atoms with E-state index >= 15 is 0 Å². The molecule has 0 bridgehead atoms. The Morgan fingerprint density at radius 3 is 1.88 bits per heavy atom. The van der Waals surface area contributed by atoms with Crippen molar-refractivity contribution >= 4 is 5.97 Å². The Labute approximate surface area is 212 Å². The fraction of sp³-hybridized carbons (Fsp3) is 0.967. The molecule has 34 heavy (non-hydrogen) atoms. The molecule has 1 rings (SSSR count). The van der Waals surface area contributed by atoms with E-state index in [1.807, 2.05) is 0 Å². The summed E-state index contributed by atoms with van der Waals surface area (Å²) in [7, 11) is 0. The lowest BCUT2D eigenvalue weighted by Crippen LogP contribution is -2.42. The first-order valence-electron chi connectivity index (χ1n) is 15.2. The van der Waals surface area contributed by atoms with E-state index in [2.05, 4.69) is 18.7 Å². The number of aliphatic hydroxyl groups is 1. The number of aliphatic hydroxyl groups excluding tert-OH is 1. The molecule has 0 amide bonds. The summed E-state index contributed by atoms with van der Waals surface area (Å²) >= 11 is 0. The van der Waals surface area contributed by atoms with Crippen LogP contribution >= 0.6 is 0 Å². The van der Waals surface area contributed by atoms with Gasteiger partial charge in [-0.15, -0.1) is 0 Å². The molecule has 0 unspecified atom stereocenters. The molecule has 0 aliphatic heterocycles. The lowest BCUT2D eigenvalue weighted by molar-refractivity contribution is -0.145. The molecule has 0 aromatic rings. The van der Waals surface area contributed by atoms with Gasteiger partial charge in [0.15, 0.2) is 0 Å². The maximum Gasteiger partial charge on any atom is 0.305 e. The molecule has 0 aromatic carbocycles. The second-order valence-electron chi connectivity index (χ2n) is 10.8. The monoisotopic (exact) mass is 481 g/mol. The highest BCUT2D eigenvalue weighted by molar-refractivity contribution is 5.69. The average Bonchev–Trinajstić information content (AvgIpc) is 2.80. The van der Waals surface area contributed by atoms with Gasteiger partial charge in [-0.2, -0.15) is 0 Å². The molecule has 4 heteroatoms. The SMILES string of the molecule is CCCCCCCCC(CCCCCCCC)COC(=O)CCCCCN(CCO)C1CCC1. The second-order valence-corrected chi connectivity index (χ2v) is 10.8. The third kappa shape index (κ3) is 16.9. The Bertz CT molecular complexity index is 436. The van der Waals surface area contributed by atoms with Gasteiger partial charge >= 0.3 is 5.97 Å². The Balaban J connectivity index is 2.18. The van der Waals surface area contributed by atoms with Gasteiger partial charge in [0, 0.05) is 19.0 Å². The fourth-order valence-corrected chi connectivity index (χ4v) is 5.14. The Kier molecular flexibility index (Phi) is 21.1. The second kappa shape index (κ2) is 22.8. The van der Waals surface area contributed by atoms with Crippen LogP contribution in [0.2, 0.25) is 0 Å². The van der Waals surface area contributed by atoms with E-state index in [1.54, 1.807) is 0 Å². The summed E-state index contributed by atoms with van der Waals surface area (Å²) in [4.78, 5) is 14.8. The van der Waals surface area contributed by atoms with Crippen LogP contribution < -0.4 is 0 Å². The summed E-state index contributed by atoms with van der Waals surface area (Å²) in [5.74, 6) is 0.554. The quantitative estimate of drug-likeness (QED) is 0.106. The summed E-state index contributed by atoms with van der Waals surface area (Å²) in [6.07, 6.45) is 26.0. The first-order chi connectivity index (χ1) is 16.7. The first kappa shape index (κ1) is 31.4. The van der Waals surface area contributed by atoms with Gasteiger partial charge in [0.1, 0.15) is 0 Å². The number of esters is 1. The molecule has 0 radical (unpaired) electrons. The zero-order valence-corrected chi connectivity index (χ0v) is 23.0. The van der Waals surface area contributed by atoms with Crippen LogP contribution in [-0.2, 0) is 9.53 Å². The van der Waals surface area contributed by atoms with Gasteiger partial charge < -0.3 is 9.84 Å². The van der Waals surface area contributed by atoms with Crippen molar-refractivity contribution in [2.75, 3.05) is 26.3 Å². The number of nitrogens with zero attached hydrogens (tertiary/aromatic N) is 1. The predicted molar refractivity (Wildman–Crippen MR) is 145 cm³/mol. The maximum atomic E-state index is 12.3. The third-order valence-electron chi connectivity index (χ3n) is 7.72. The van der Waals surface area contributed by atoms with Crippen LogP contribution in [-0.4, -0.2) is 48.3 Å². The molecule has 0 spiro atoms. The van der Waals surface area contributed by atoms with Gasteiger partial charge in [-0.05, 0) is 51.0 Å². The Hall–Kier alpha value is -0.610. The molecule has 1 aliphatic carbocycles. The van der Waals surface area contributed by atoms with Crippen LogP contribution in [0.25, 0.3) is 0 Å². The Morgan fingerprint density at radius 2 is 1.35 bits per heavy atom. The van der Waals surface area contributed by atoms with Crippen molar-refractivity contribution in [2.45, 2.75) is 155 Å². The molecule has 1 saturated carbocycles. The molecular formula is C30H59NO3. The fourth-order valence-electron chi connectivity index (χ4n) is 5.14. The summed E-state index contributed by atoms with van der Waals surface area (Å²) in [6.45, 7) is 7.28. The number of hydrogen-bond donors (Lipinski definition) is 1. The smallest absolute Gasteiger partial charge is 0.305 e. The van der Waals surface area contributed by atoms with Crippen LogP contribution in [0.5, 0.6) is 0 Å². The van der Waals surface area contributed by atoms with E-state index in [9.17, 15) is 9.90 Å². The van der Waals surface area contributed by atoms with Gasteiger partial charge in [0.2, 0.25) is 0 Å². The van der Waals surface area contributed by atoms with E-state index in [4.69, 9.17) is 4.74 Å². The minimum atomic E-state index is 0.00194. The first-order valence-corrected chi connectivity index (χ1v) is 15.2. The minimum Gasteiger partial charge on any atom is -0.465 e. The predicted octanol–water partition coefficient (Wildman–Crippen LogP) is 8.05. The van der Waals surface area contributed by atoms with Crippen LogP contribution in [0.15, 0.2) is 0 Å². The molecular weight excluding hydrogens is 422 g/mol. The van der Waals surface area contributed by atoms with E-state index in [-0.39, 0.29) is 12.6 Å². The molecule has 202 valence electrons. The van der Waals surface area contributed by atoms with E-state index < -0.39 is 0 Å². The van der Waals surface area contributed by atoms with E-state index in [1.165, 1.54) is 109 Å². The van der Waals surface area contributed by atoms with Crippen molar-refractivity contribution in [2.24, 2.45) is 5.92 Å². The van der Waals surface area contributed by atoms with Crippen LogP contribution in [0.1, 0.15) is 149 Å². The van der Waals surface area contributed by atoms with Gasteiger partial charge in [0.05, 0.1) is 13.2 Å². The van der Waals surface area contributed by atoms with Crippen LogP contribution in [0.3, 0.4) is 0 Å². The molecule has 0 heterocycles. The van der Waals surface area contributed by atoms with E-state index in [0.29, 0.717) is 25.0 Å². The number of ether oxygens (including phenoxy) is 1. The number of carbonyl (C=O) groups is 1. The van der Waals surface area contributed by atoms with Gasteiger partial charge in [-0.3, -0.25) is 9.69 Å². The zero-order chi connectivity index (χ0) is 24.7. The van der Waals surface area contributed by atoms with Crippen molar-refractivity contribution in [1.29, 1.82) is 0 Å². The average molecular weight is 482 g/mol. The summed E-state index contributed by atoms with van der Waals surface area (Å²) in [5.41, 5.74) is 0. The van der Waals surface area contributed by atoms with Gasteiger partial charge in [-0.25, -0.2) is 0 Å². The van der Waals surface area contributed by atoms with Gasteiger partial charge in [-0.1, -0.05) is 104 Å². The lowest BCUT2D eigenvalue weighted by atomic mass is 9.91. The van der Waals surface area contributed by atoms with Crippen molar-refractivity contribution < 1.29 is 14.6 Å². The molecule has 1 N–H and O–H groups in total. The van der Waals surface area contributed by atoms with Crippen molar-refractivity contribution in [1.82, 2.24) is 4.90 Å². The van der Waals surface area contributed by atoms with E-state index in [0.717, 1.165) is 32.4 Å². The minimum absolute atomic E-state index is 0.00194. The molecule has 4 nitrogen and oxygen atoms in total. The van der Waals surface area contributed by atoms with Crippen molar-refractivity contribution in [3.8, 4) is 0 Å². The molecule has 1 aliphatic rings. The maximum absolute atomic E-state index is 12.3. The molecule has 0 saturated heterocycles. The summed E-state index contributed by atoms with van der Waals surface area (Å²) in [5, 5.41) is 9.29. The van der Waals surface area contributed by atoms with Crippen LogP contribution in [0, 0.1) is 5.92 Å². The molecule has 1 fully saturated rings. The number of carbonyl (C=O) groups excluding carboxylic acids is 1. The molecule has 0 aromatic heterocycles. The largest absolute Gasteiger partial charge is 0.465 e.